The Bertz CT molecular complexity index is 981. The molecule has 3 aromatic rings. The average molecular weight is 407 g/mol. The highest BCUT2D eigenvalue weighted by Gasteiger charge is 2.30. The molecule has 0 amide bonds. The highest BCUT2D eigenvalue weighted by atomic mass is 32.2. The summed E-state index contributed by atoms with van der Waals surface area (Å²) in [5, 5.41) is 0. The maximum Gasteiger partial charge on any atom is 0.416 e. The molecule has 0 saturated carbocycles. The number of hydrogen-bond acceptors (Lipinski definition) is 5. The first-order valence-electron chi connectivity index (χ1n) is 8.33. The summed E-state index contributed by atoms with van der Waals surface area (Å²) in [5.41, 5.74) is 0.155. The van der Waals surface area contributed by atoms with Crippen molar-refractivity contribution in [1.29, 1.82) is 0 Å². The van der Waals surface area contributed by atoms with E-state index in [1.54, 1.807) is 13.0 Å². The van der Waals surface area contributed by atoms with E-state index < -0.39 is 17.7 Å². The van der Waals surface area contributed by atoms with Gasteiger partial charge in [-0.15, -0.1) is 11.8 Å². The first kappa shape index (κ1) is 20.0. The van der Waals surface area contributed by atoms with E-state index in [2.05, 4.69) is 4.98 Å². The van der Waals surface area contributed by atoms with E-state index in [-0.39, 0.29) is 24.0 Å². The second kappa shape index (κ2) is 8.10. The third-order valence-corrected chi connectivity index (χ3v) is 4.61. The number of oxazole rings is 1. The van der Waals surface area contributed by atoms with Crippen molar-refractivity contribution in [2.45, 2.75) is 18.0 Å². The third kappa shape index (κ3) is 4.22. The van der Waals surface area contributed by atoms with Crippen molar-refractivity contribution in [3.05, 3.63) is 59.8 Å². The molecule has 2 aromatic carbocycles. The third-order valence-electron chi connectivity index (χ3n) is 3.89. The molecule has 0 N–H and O–H groups in total. The molecule has 0 atom stereocenters. The zero-order valence-electron chi connectivity index (χ0n) is 15.0. The Morgan fingerprint density at radius 3 is 2.46 bits per heavy atom. The van der Waals surface area contributed by atoms with Crippen LogP contribution in [0.4, 0.5) is 13.2 Å². The van der Waals surface area contributed by atoms with Crippen LogP contribution >= 0.6 is 11.8 Å². The van der Waals surface area contributed by atoms with Gasteiger partial charge in [0.1, 0.15) is 0 Å². The van der Waals surface area contributed by atoms with Gasteiger partial charge in [-0.25, -0.2) is 9.78 Å². The van der Waals surface area contributed by atoms with Gasteiger partial charge in [0.2, 0.25) is 5.89 Å². The van der Waals surface area contributed by atoms with E-state index in [0.717, 1.165) is 17.0 Å². The summed E-state index contributed by atoms with van der Waals surface area (Å²) >= 11 is 1.52. The lowest BCUT2D eigenvalue weighted by atomic mass is 10.1. The maximum absolute atomic E-state index is 12.8. The van der Waals surface area contributed by atoms with E-state index >= 15 is 0 Å². The number of carbonyl (C=O) groups excluding carboxylic acids is 1. The van der Waals surface area contributed by atoms with Crippen LogP contribution in [-0.4, -0.2) is 23.8 Å². The van der Waals surface area contributed by atoms with E-state index in [4.69, 9.17) is 9.15 Å². The van der Waals surface area contributed by atoms with Gasteiger partial charge in [-0.1, -0.05) is 12.1 Å². The number of alkyl halides is 3. The number of ether oxygens (including phenoxy) is 1. The Balaban J connectivity index is 2.07. The molecule has 8 heteroatoms. The molecular weight excluding hydrogens is 391 g/mol. The Kier molecular flexibility index (Phi) is 5.79. The van der Waals surface area contributed by atoms with Crippen LogP contribution in [0, 0.1) is 0 Å². The topological polar surface area (TPSA) is 52.3 Å². The molecule has 28 heavy (non-hydrogen) atoms. The molecule has 0 aliphatic heterocycles. The summed E-state index contributed by atoms with van der Waals surface area (Å²) in [7, 11) is 0. The number of nitrogens with zero attached hydrogens (tertiary/aromatic N) is 1. The first-order valence-corrected chi connectivity index (χ1v) is 9.56. The lowest BCUT2D eigenvalue weighted by Gasteiger charge is -2.06. The van der Waals surface area contributed by atoms with Crippen LogP contribution in [-0.2, 0) is 10.9 Å². The second-order valence-corrected chi connectivity index (χ2v) is 6.60. The summed E-state index contributed by atoms with van der Waals surface area (Å²) in [4.78, 5) is 17.5. The highest BCUT2D eigenvalue weighted by molar-refractivity contribution is 7.98. The van der Waals surface area contributed by atoms with Gasteiger partial charge in [0.25, 0.3) is 0 Å². The number of benzene rings is 2. The van der Waals surface area contributed by atoms with Gasteiger partial charge in [0, 0.05) is 16.0 Å². The zero-order valence-corrected chi connectivity index (χ0v) is 15.9. The average Bonchev–Trinajstić information content (AvgIpc) is 3.13. The Hall–Kier alpha value is -2.74. The van der Waals surface area contributed by atoms with Crippen LogP contribution < -0.4 is 0 Å². The zero-order chi connectivity index (χ0) is 20.3. The quantitative estimate of drug-likeness (QED) is 0.388. The minimum absolute atomic E-state index is 0.0185. The van der Waals surface area contributed by atoms with Gasteiger partial charge in [-0.05, 0) is 49.6 Å². The van der Waals surface area contributed by atoms with Gasteiger partial charge in [-0.3, -0.25) is 0 Å². The molecule has 146 valence electrons. The number of hydrogen-bond donors (Lipinski definition) is 0. The lowest BCUT2D eigenvalue weighted by molar-refractivity contribution is -0.137. The fraction of sp³-hybridized carbons (Fsp3) is 0.200. The second-order valence-electron chi connectivity index (χ2n) is 5.72. The van der Waals surface area contributed by atoms with Crippen molar-refractivity contribution in [1.82, 2.24) is 4.98 Å². The van der Waals surface area contributed by atoms with Crippen LogP contribution in [0.3, 0.4) is 0 Å². The minimum Gasteiger partial charge on any atom is -0.461 e. The number of carbonyl (C=O) groups is 1. The number of aromatic nitrogens is 1. The van der Waals surface area contributed by atoms with Crippen molar-refractivity contribution in [3.63, 3.8) is 0 Å². The lowest BCUT2D eigenvalue weighted by Crippen LogP contribution is -2.06. The molecule has 0 aliphatic rings. The summed E-state index contributed by atoms with van der Waals surface area (Å²) in [6.45, 7) is 1.83. The SMILES string of the molecule is CCOC(=O)c1nc(-c2ccc(C(F)(F)F)cc2)oc1-c1cccc(SC)c1. The normalized spacial score (nSPS) is 11.5. The summed E-state index contributed by atoms with van der Waals surface area (Å²) in [5.74, 6) is -0.403. The van der Waals surface area contributed by atoms with Gasteiger partial charge in [-0.2, -0.15) is 13.2 Å². The minimum atomic E-state index is -4.44. The van der Waals surface area contributed by atoms with Crippen LogP contribution in [0.15, 0.2) is 57.8 Å². The van der Waals surface area contributed by atoms with Gasteiger partial charge in [0.05, 0.1) is 12.2 Å². The van der Waals surface area contributed by atoms with Crippen LogP contribution in [0.2, 0.25) is 0 Å². The smallest absolute Gasteiger partial charge is 0.416 e. The number of esters is 1. The van der Waals surface area contributed by atoms with Gasteiger partial charge in [0.15, 0.2) is 11.5 Å². The van der Waals surface area contributed by atoms with E-state index in [0.29, 0.717) is 11.1 Å². The predicted octanol–water partition coefficient (Wildman–Crippen LogP) is 5.93. The summed E-state index contributed by atoms with van der Waals surface area (Å²) < 4.78 is 49.1. The standard InChI is InChI=1S/C20H16F3NO3S/c1-3-26-19(25)16-17(13-5-4-6-15(11-13)28-2)27-18(24-16)12-7-9-14(10-8-12)20(21,22)23/h4-11H,3H2,1-2H3. The van der Waals surface area contributed by atoms with Gasteiger partial charge < -0.3 is 9.15 Å². The summed E-state index contributed by atoms with van der Waals surface area (Å²) in [6.07, 6.45) is -2.52. The molecule has 0 aliphatic carbocycles. The Morgan fingerprint density at radius 1 is 1.14 bits per heavy atom. The van der Waals surface area contributed by atoms with Crippen molar-refractivity contribution < 1.29 is 27.1 Å². The summed E-state index contributed by atoms with van der Waals surface area (Å²) in [6, 6.07) is 11.7. The van der Waals surface area contributed by atoms with Crippen molar-refractivity contribution in [2.75, 3.05) is 12.9 Å². The van der Waals surface area contributed by atoms with Crippen molar-refractivity contribution in [2.24, 2.45) is 0 Å². The molecule has 0 spiro atoms. The van der Waals surface area contributed by atoms with Crippen LogP contribution in [0.5, 0.6) is 0 Å². The molecule has 1 heterocycles. The Morgan fingerprint density at radius 2 is 1.86 bits per heavy atom. The maximum atomic E-state index is 12.8. The number of halogens is 3. The van der Waals surface area contributed by atoms with Gasteiger partial charge >= 0.3 is 12.1 Å². The molecule has 0 bridgehead atoms. The molecule has 1 aromatic heterocycles. The van der Waals surface area contributed by atoms with Crippen LogP contribution in [0.1, 0.15) is 23.0 Å². The number of thioether (sulfide) groups is 1. The molecule has 0 radical (unpaired) electrons. The van der Waals surface area contributed by atoms with E-state index in [1.807, 2.05) is 24.5 Å². The molecule has 0 fully saturated rings. The fourth-order valence-corrected chi connectivity index (χ4v) is 3.00. The molecule has 4 nitrogen and oxygen atoms in total. The Labute approximate surface area is 163 Å². The largest absolute Gasteiger partial charge is 0.461 e. The van der Waals surface area contributed by atoms with Crippen LogP contribution in [0.25, 0.3) is 22.8 Å². The molecule has 0 unspecified atom stereocenters. The molecule has 3 rings (SSSR count). The highest BCUT2D eigenvalue weighted by Crippen LogP contribution is 2.34. The van der Waals surface area contributed by atoms with E-state index in [9.17, 15) is 18.0 Å². The number of rotatable bonds is 5. The predicted molar refractivity (Wildman–Crippen MR) is 100 cm³/mol. The molecular formula is C20H16F3NO3S. The fourth-order valence-electron chi connectivity index (χ4n) is 2.54. The first-order chi connectivity index (χ1) is 13.3. The van der Waals surface area contributed by atoms with Crippen molar-refractivity contribution >= 4 is 17.7 Å². The molecule has 0 saturated heterocycles. The van der Waals surface area contributed by atoms with Crippen molar-refractivity contribution in [3.8, 4) is 22.8 Å². The monoisotopic (exact) mass is 407 g/mol. The van der Waals surface area contributed by atoms with E-state index in [1.165, 1.54) is 23.9 Å².